The summed E-state index contributed by atoms with van der Waals surface area (Å²) in [5, 5.41) is 1.19. The summed E-state index contributed by atoms with van der Waals surface area (Å²) >= 11 is 0. The number of nitrogens with zero attached hydrogens (tertiary/aromatic N) is 3. The maximum Gasteiger partial charge on any atom is 0.242 e. The number of amides is 2. The summed E-state index contributed by atoms with van der Waals surface area (Å²) in [4.78, 5) is 36.8. The molecule has 0 spiro atoms. The number of anilines is 1. The first-order chi connectivity index (χ1) is 18.8. The van der Waals surface area contributed by atoms with E-state index in [1.54, 1.807) is 0 Å². The molecule has 0 aliphatic rings. The summed E-state index contributed by atoms with van der Waals surface area (Å²) in [7, 11) is 4.05. The maximum absolute atomic E-state index is 13.9. The predicted molar refractivity (Wildman–Crippen MR) is 163 cm³/mol. The maximum atomic E-state index is 13.9. The SMILES string of the molecule is CCCCC(CC)C(=O)N(CC(=O)N(CCc1c[nH]c2ccccc12)Cc1ccc(N(C)C)cc1)C(C)CC. The molecule has 6 heteroatoms. The molecule has 3 aromatic rings. The molecule has 0 fully saturated rings. The Morgan fingerprint density at radius 3 is 2.31 bits per heavy atom. The van der Waals surface area contributed by atoms with Crippen LogP contribution in [-0.2, 0) is 22.6 Å². The Morgan fingerprint density at radius 2 is 1.67 bits per heavy atom. The molecule has 1 heterocycles. The fraction of sp³-hybridized carbons (Fsp3) is 0.515. The lowest BCUT2D eigenvalue weighted by Gasteiger charge is -2.33. The zero-order chi connectivity index (χ0) is 28.4. The van der Waals surface area contributed by atoms with E-state index in [1.165, 1.54) is 10.9 Å². The molecule has 0 radical (unpaired) electrons. The van der Waals surface area contributed by atoms with Crippen LogP contribution in [0, 0.1) is 5.92 Å². The fourth-order valence-electron chi connectivity index (χ4n) is 5.11. The van der Waals surface area contributed by atoms with Crippen LogP contribution in [0.3, 0.4) is 0 Å². The Labute approximate surface area is 235 Å². The largest absolute Gasteiger partial charge is 0.378 e. The van der Waals surface area contributed by atoms with Crippen LogP contribution in [0.5, 0.6) is 0 Å². The standard InChI is InChI=1S/C33H48N4O2/c1-7-10-13-27(9-3)33(39)37(25(4)8-2)24-32(38)36(23-26-16-18-29(19-17-26)35(5)6)21-20-28-22-34-31-15-12-11-14-30(28)31/h11-12,14-19,22,25,27,34H,7-10,13,20-21,23-24H2,1-6H3. The predicted octanol–water partition coefficient (Wildman–Crippen LogP) is 6.65. The summed E-state index contributed by atoms with van der Waals surface area (Å²) in [6.45, 7) is 9.62. The van der Waals surface area contributed by atoms with Gasteiger partial charge in [-0.25, -0.2) is 0 Å². The van der Waals surface area contributed by atoms with E-state index in [-0.39, 0.29) is 30.3 Å². The molecule has 212 valence electrons. The van der Waals surface area contributed by atoms with Crippen molar-refractivity contribution in [3.05, 3.63) is 65.9 Å². The third-order valence-electron chi connectivity index (χ3n) is 7.96. The highest BCUT2D eigenvalue weighted by molar-refractivity contribution is 5.86. The zero-order valence-electron chi connectivity index (χ0n) is 24.9. The van der Waals surface area contributed by atoms with Crippen molar-refractivity contribution >= 4 is 28.4 Å². The van der Waals surface area contributed by atoms with E-state index in [0.717, 1.165) is 55.3 Å². The van der Waals surface area contributed by atoms with Gasteiger partial charge in [0.25, 0.3) is 0 Å². The summed E-state index contributed by atoms with van der Waals surface area (Å²) in [6, 6.07) is 16.7. The zero-order valence-corrected chi connectivity index (χ0v) is 24.9. The van der Waals surface area contributed by atoms with Crippen molar-refractivity contribution in [2.24, 2.45) is 5.92 Å². The minimum Gasteiger partial charge on any atom is -0.378 e. The monoisotopic (exact) mass is 532 g/mol. The number of hydrogen-bond acceptors (Lipinski definition) is 3. The van der Waals surface area contributed by atoms with Gasteiger partial charge in [0.2, 0.25) is 11.8 Å². The van der Waals surface area contributed by atoms with Gasteiger partial charge in [0.1, 0.15) is 6.54 Å². The van der Waals surface area contributed by atoms with Crippen LogP contribution in [0.2, 0.25) is 0 Å². The third-order valence-corrected chi connectivity index (χ3v) is 7.96. The number of benzene rings is 2. The van der Waals surface area contributed by atoms with E-state index in [4.69, 9.17) is 0 Å². The number of unbranched alkanes of at least 4 members (excludes halogenated alkanes) is 1. The van der Waals surface area contributed by atoms with Gasteiger partial charge in [0.05, 0.1) is 0 Å². The summed E-state index contributed by atoms with van der Waals surface area (Å²) in [5.41, 5.74) is 4.52. The summed E-state index contributed by atoms with van der Waals surface area (Å²) in [6.07, 6.45) is 7.42. The van der Waals surface area contributed by atoms with Crippen LogP contribution in [0.1, 0.15) is 70.9 Å². The van der Waals surface area contributed by atoms with Crippen LogP contribution >= 0.6 is 0 Å². The molecule has 2 amide bonds. The number of fused-ring (bicyclic) bond motifs is 1. The first-order valence-corrected chi connectivity index (χ1v) is 14.7. The molecule has 6 nitrogen and oxygen atoms in total. The van der Waals surface area contributed by atoms with Crippen molar-refractivity contribution in [3.63, 3.8) is 0 Å². The van der Waals surface area contributed by atoms with Gasteiger partial charge in [-0.3, -0.25) is 9.59 Å². The lowest BCUT2D eigenvalue weighted by atomic mass is 9.96. The van der Waals surface area contributed by atoms with Crippen molar-refractivity contribution in [1.82, 2.24) is 14.8 Å². The number of aromatic amines is 1. The molecule has 0 aliphatic heterocycles. The van der Waals surface area contributed by atoms with Gasteiger partial charge in [-0.05, 0) is 61.9 Å². The minimum absolute atomic E-state index is 0.00511. The van der Waals surface area contributed by atoms with Crippen LogP contribution in [0.25, 0.3) is 10.9 Å². The number of para-hydroxylation sites is 1. The van der Waals surface area contributed by atoms with E-state index in [1.807, 2.05) is 42.2 Å². The smallest absolute Gasteiger partial charge is 0.242 e. The Bertz CT molecular complexity index is 1180. The number of aromatic nitrogens is 1. The van der Waals surface area contributed by atoms with Gasteiger partial charge in [-0.15, -0.1) is 0 Å². The summed E-state index contributed by atoms with van der Waals surface area (Å²) < 4.78 is 0. The fourth-order valence-corrected chi connectivity index (χ4v) is 5.11. The number of hydrogen-bond donors (Lipinski definition) is 1. The molecular formula is C33H48N4O2. The first kappa shape index (κ1) is 30.3. The van der Waals surface area contributed by atoms with Crippen LogP contribution in [0.4, 0.5) is 5.69 Å². The highest BCUT2D eigenvalue weighted by Gasteiger charge is 2.29. The van der Waals surface area contributed by atoms with Gasteiger partial charge in [-0.2, -0.15) is 0 Å². The molecule has 0 saturated carbocycles. The molecule has 3 rings (SSSR count). The highest BCUT2D eigenvalue weighted by atomic mass is 16.2. The second-order valence-corrected chi connectivity index (χ2v) is 11.0. The van der Waals surface area contributed by atoms with Crippen LogP contribution in [-0.4, -0.2) is 59.8 Å². The quantitative estimate of drug-likeness (QED) is 0.238. The molecule has 1 aromatic heterocycles. The molecule has 2 aromatic carbocycles. The molecule has 0 aliphatic carbocycles. The van der Waals surface area contributed by atoms with E-state index < -0.39 is 0 Å². The molecule has 0 saturated heterocycles. The van der Waals surface area contributed by atoms with Gasteiger partial charge in [0, 0.05) is 61.9 Å². The Kier molecular flexibility index (Phi) is 11.5. The average molecular weight is 533 g/mol. The number of carbonyl (C=O) groups excluding carboxylic acids is 2. The first-order valence-electron chi connectivity index (χ1n) is 14.7. The number of H-pyrrole nitrogens is 1. The van der Waals surface area contributed by atoms with Crippen LogP contribution < -0.4 is 4.90 Å². The van der Waals surface area contributed by atoms with Crippen molar-refractivity contribution in [1.29, 1.82) is 0 Å². The molecule has 1 N–H and O–H groups in total. The lowest BCUT2D eigenvalue weighted by Crippen LogP contribution is -2.48. The summed E-state index contributed by atoms with van der Waals surface area (Å²) in [5.74, 6) is 0.107. The van der Waals surface area contributed by atoms with Crippen molar-refractivity contribution in [2.45, 2.75) is 78.8 Å². The highest BCUT2D eigenvalue weighted by Crippen LogP contribution is 2.22. The minimum atomic E-state index is -0.0231. The van der Waals surface area contributed by atoms with E-state index >= 15 is 0 Å². The normalized spacial score (nSPS) is 12.8. The second kappa shape index (κ2) is 14.8. The molecule has 0 bridgehead atoms. The second-order valence-electron chi connectivity index (χ2n) is 11.0. The molecular weight excluding hydrogens is 484 g/mol. The van der Waals surface area contributed by atoms with Crippen molar-refractivity contribution in [3.8, 4) is 0 Å². The van der Waals surface area contributed by atoms with E-state index in [9.17, 15) is 9.59 Å². The average Bonchev–Trinajstić information content (AvgIpc) is 3.37. The number of nitrogens with one attached hydrogen (secondary N) is 1. The molecule has 2 unspecified atom stereocenters. The topological polar surface area (TPSA) is 59.7 Å². The van der Waals surface area contributed by atoms with Gasteiger partial charge in [0.15, 0.2) is 0 Å². The Morgan fingerprint density at radius 1 is 0.949 bits per heavy atom. The molecule has 2 atom stereocenters. The lowest BCUT2D eigenvalue weighted by molar-refractivity contribution is -0.145. The van der Waals surface area contributed by atoms with Gasteiger partial charge < -0.3 is 19.7 Å². The third kappa shape index (κ3) is 8.11. The van der Waals surface area contributed by atoms with Gasteiger partial charge >= 0.3 is 0 Å². The Hall–Kier alpha value is -3.28. The Balaban J connectivity index is 1.83. The van der Waals surface area contributed by atoms with Crippen molar-refractivity contribution in [2.75, 3.05) is 32.1 Å². The van der Waals surface area contributed by atoms with Gasteiger partial charge in [-0.1, -0.05) is 63.9 Å². The van der Waals surface area contributed by atoms with E-state index in [2.05, 4.69) is 74.0 Å². The van der Waals surface area contributed by atoms with E-state index in [0.29, 0.717) is 13.1 Å². The number of rotatable bonds is 15. The molecule has 39 heavy (non-hydrogen) atoms. The van der Waals surface area contributed by atoms with Crippen LogP contribution in [0.15, 0.2) is 54.7 Å². The van der Waals surface area contributed by atoms with Crippen molar-refractivity contribution < 1.29 is 9.59 Å². The number of carbonyl (C=O) groups is 2.